The molecular formula is C15H20ClN3. The SMILES string of the molecule is C=C(C)Cn1c(C(N)CCC)nc2cc(Cl)ccc21. The minimum Gasteiger partial charge on any atom is -0.323 e. The zero-order valence-corrected chi connectivity index (χ0v) is 12.2. The first-order valence-electron chi connectivity index (χ1n) is 6.58. The molecule has 2 rings (SSSR count). The second-order valence-electron chi connectivity index (χ2n) is 5.04. The van der Waals surface area contributed by atoms with E-state index in [2.05, 4.69) is 23.1 Å². The summed E-state index contributed by atoms with van der Waals surface area (Å²) < 4.78 is 2.15. The molecule has 0 saturated carbocycles. The van der Waals surface area contributed by atoms with Crippen molar-refractivity contribution in [1.29, 1.82) is 0 Å². The van der Waals surface area contributed by atoms with Crippen LogP contribution in [0.15, 0.2) is 30.4 Å². The summed E-state index contributed by atoms with van der Waals surface area (Å²) in [4.78, 5) is 4.66. The van der Waals surface area contributed by atoms with Crippen molar-refractivity contribution in [3.63, 3.8) is 0 Å². The molecule has 0 spiro atoms. The maximum atomic E-state index is 6.24. The molecule has 1 unspecified atom stereocenters. The van der Waals surface area contributed by atoms with Crippen molar-refractivity contribution < 1.29 is 0 Å². The average molecular weight is 278 g/mol. The predicted molar refractivity (Wildman–Crippen MR) is 81.4 cm³/mol. The van der Waals surface area contributed by atoms with Crippen LogP contribution in [0.1, 0.15) is 38.6 Å². The minimum atomic E-state index is -0.0458. The van der Waals surface area contributed by atoms with Crippen LogP contribution in [0.5, 0.6) is 0 Å². The van der Waals surface area contributed by atoms with Crippen LogP contribution < -0.4 is 5.73 Å². The third-order valence-corrected chi connectivity index (χ3v) is 3.33. The average Bonchev–Trinajstić information content (AvgIpc) is 2.67. The van der Waals surface area contributed by atoms with Gasteiger partial charge in [0.1, 0.15) is 5.82 Å². The largest absolute Gasteiger partial charge is 0.323 e. The van der Waals surface area contributed by atoms with E-state index in [9.17, 15) is 0 Å². The molecule has 1 heterocycles. The van der Waals surface area contributed by atoms with Crippen LogP contribution in [0.25, 0.3) is 11.0 Å². The van der Waals surface area contributed by atoms with Crippen LogP contribution >= 0.6 is 11.6 Å². The topological polar surface area (TPSA) is 43.8 Å². The molecule has 1 aromatic heterocycles. The zero-order valence-electron chi connectivity index (χ0n) is 11.5. The number of fused-ring (bicyclic) bond motifs is 1. The van der Waals surface area contributed by atoms with Crippen LogP contribution in [0.4, 0.5) is 0 Å². The van der Waals surface area contributed by atoms with Crippen LogP contribution in [-0.4, -0.2) is 9.55 Å². The van der Waals surface area contributed by atoms with Gasteiger partial charge in [-0.1, -0.05) is 37.1 Å². The summed E-state index contributed by atoms with van der Waals surface area (Å²) in [6, 6.07) is 5.72. The zero-order chi connectivity index (χ0) is 14.0. The summed E-state index contributed by atoms with van der Waals surface area (Å²) in [7, 11) is 0. The molecule has 0 bridgehead atoms. The fourth-order valence-corrected chi connectivity index (χ4v) is 2.45. The lowest BCUT2D eigenvalue weighted by Crippen LogP contribution is -2.17. The van der Waals surface area contributed by atoms with Gasteiger partial charge in [0.15, 0.2) is 0 Å². The Morgan fingerprint density at radius 3 is 2.89 bits per heavy atom. The standard InChI is InChI=1S/C15H20ClN3/c1-4-5-12(17)15-18-13-8-11(16)6-7-14(13)19(15)9-10(2)3/h6-8,12H,2,4-5,9,17H2,1,3H3. The number of nitrogens with two attached hydrogens (primary N) is 1. The molecule has 0 aliphatic heterocycles. The van der Waals surface area contributed by atoms with Gasteiger partial charge in [0.2, 0.25) is 0 Å². The summed E-state index contributed by atoms with van der Waals surface area (Å²) in [5.41, 5.74) is 9.28. The van der Waals surface area contributed by atoms with Gasteiger partial charge in [-0.05, 0) is 31.5 Å². The van der Waals surface area contributed by atoms with E-state index in [0.717, 1.165) is 41.8 Å². The van der Waals surface area contributed by atoms with E-state index in [1.165, 1.54) is 0 Å². The van der Waals surface area contributed by atoms with E-state index in [0.29, 0.717) is 5.02 Å². The van der Waals surface area contributed by atoms with Gasteiger partial charge in [0.25, 0.3) is 0 Å². The van der Waals surface area contributed by atoms with Gasteiger partial charge in [-0.2, -0.15) is 0 Å². The number of nitrogens with zero attached hydrogens (tertiary/aromatic N) is 2. The molecule has 2 N–H and O–H groups in total. The third kappa shape index (κ3) is 2.99. The molecule has 0 saturated heterocycles. The molecule has 0 aliphatic rings. The fraction of sp³-hybridized carbons (Fsp3) is 0.400. The molecule has 102 valence electrons. The van der Waals surface area contributed by atoms with E-state index in [1.807, 2.05) is 25.1 Å². The van der Waals surface area contributed by atoms with Crippen LogP contribution in [0, 0.1) is 0 Å². The predicted octanol–water partition coefficient (Wildman–Crippen LogP) is 4.07. The van der Waals surface area contributed by atoms with Crippen molar-refractivity contribution in [2.24, 2.45) is 5.73 Å². The number of halogens is 1. The summed E-state index contributed by atoms with van der Waals surface area (Å²) in [5.74, 6) is 0.919. The summed E-state index contributed by atoms with van der Waals surface area (Å²) in [5, 5.41) is 0.697. The highest BCUT2D eigenvalue weighted by Crippen LogP contribution is 2.25. The summed E-state index contributed by atoms with van der Waals surface area (Å²) in [6.45, 7) is 8.86. The Balaban J connectivity index is 2.56. The lowest BCUT2D eigenvalue weighted by Gasteiger charge is -2.14. The number of imidazole rings is 1. The van der Waals surface area contributed by atoms with E-state index < -0.39 is 0 Å². The van der Waals surface area contributed by atoms with Crippen LogP contribution in [0.2, 0.25) is 5.02 Å². The molecule has 0 radical (unpaired) electrons. The van der Waals surface area contributed by atoms with Crippen LogP contribution in [0.3, 0.4) is 0 Å². The molecule has 3 nitrogen and oxygen atoms in total. The number of rotatable bonds is 5. The quantitative estimate of drug-likeness (QED) is 0.838. The normalized spacial score (nSPS) is 12.8. The van der Waals surface area contributed by atoms with Gasteiger partial charge in [-0.25, -0.2) is 4.98 Å². The fourth-order valence-electron chi connectivity index (χ4n) is 2.28. The number of hydrogen-bond donors (Lipinski definition) is 1. The molecule has 1 aromatic carbocycles. The lowest BCUT2D eigenvalue weighted by molar-refractivity contribution is 0.570. The summed E-state index contributed by atoms with van der Waals surface area (Å²) >= 11 is 6.03. The molecule has 4 heteroatoms. The molecule has 0 aliphatic carbocycles. The first-order chi connectivity index (χ1) is 9.02. The van der Waals surface area contributed by atoms with Crippen molar-refractivity contribution >= 4 is 22.6 Å². The molecule has 1 atom stereocenters. The van der Waals surface area contributed by atoms with Gasteiger partial charge in [0.05, 0.1) is 17.1 Å². The van der Waals surface area contributed by atoms with Crippen LogP contribution in [-0.2, 0) is 6.54 Å². The number of benzene rings is 1. The van der Waals surface area contributed by atoms with Crippen molar-refractivity contribution in [2.45, 2.75) is 39.3 Å². The Morgan fingerprint density at radius 2 is 2.26 bits per heavy atom. The van der Waals surface area contributed by atoms with Gasteiger partial charge >= 0.3 is 0 Å². The second-order valence-corrected chi connectivity index (χ2v) is 5.48. The molecule has 2 aromatic rings. The highest BCUT2D eigenvalue weighted by molar-refractivity contribution is 6.31. The Labute approximate surface area is 119 Å². The number of aromatic nitrogens is 2. The molecular weight excluding hydrogens is 258 g/mol. The van der Waals surface area contributed by atoms with Crippen molar-refractivity contribution in [2.75, 3.05) is 0 Å². The Hall–Kier alpha value is -1.32. The lowest BCUT2D eigenvalue weighted by atomic mass is 10.1. The van der Waals surface area contributed by atoms with E-state index in [1.54, 1.807) is 0 Å². The van der Waals surface area contributed by atoms with Crippen molar-refractivity contribution in [3.8, 4) is 0 Å². The van der Waals surface area contributed by atoms with Crippen molar-refractivity contribution in [1.82, 2.24) is 9.55 Å². The van der Waals surface area contributed by atoms with Gasteiger partial charge in [-0.3, -0.25) is 0 Å². The third-order valence-electron chi connectivity index (χ3n) is 3.10. The first kappa shape index (κ1) is 14.1. The maximum absolute atomic E-state index is 6.24. The van der Waals surface area contributed by atoms with Crippen molar-refractivity contribution in [3.05, 3.63) is 41.2 Å². The molecule has 0 amide bonds. The van der Waals surface area contributed by atoms with Gasteiger partial charge in [-0.15, -0.1) is 0 Å². The second kappa shape index (κ2) is 5.76. The van der Waals surface area contributed by atoms with E-state index in [-0.39, 0.29) is 6.04 Å². The molecule has 0 fully saturated rings. The Kier molecular flexibility index (Phi) is 4.27. The highest BCUT2D eigenvalue weighted by atomic mass is 35.5. The summed E-state index contributed by atoms with van der Waals surface area (Å²) in [6.07, 6.45) is 1.96. The Morgan fingerprint density at radius 1 is 1.53 bits per heavy atom. The maximum Gasteiger partial charge on any atom is 0.127 e. The van der Waals surface area contributed by atoms with E-state index in [4.69, 9.17) is 17.3 Å². The van der Waals surface area contributed by atoms with E-state index >= 15 is 0 Å². The first-order valence-corrected chi connectivity index (χ1v) is 6.96. The number of allylic oxidation sites excluding steroid dienone is 1. The highest BCUT2D eigenvalue weighted by Gasteiger charge is 2.16. The smallest absolute Gasteiger partial charge is 0.127 e. The molecule has 19 heavy (non-hydrogen) atoms. The Bertz CT molecular complexity index is 601. The number of hydrogen-bond acceptors (Lipinski definition) is 2. The van der Waals surface area contributed by atoms with Gasteiger partial charge < -0.3 is 10.3 Å². The van der Waals surface area contributed by atoms with Gasteiger partial charge in [0, 0.05) is 11.6 Å². The monoisotopic (exact) mass is 277 g/mol. The minimum absolute atomic E-state index is 0.0458.